The van der Waals surface area contributed by atoms with Gasteiger partial charge in [0.2, 0.25) is 0 Å². The van der Waals surface area contributed by atoms with Gasteiger partial charge in [0.15, 0.2) is 0 Å². The molecule has 1 unspecified atom stereocenters. The third-order valence-electron chi connectivity index (χ3n) is 6.58. The second-order valence-electron chi connectivity index (χ2n) is 9.40. The van der Waals surface area contributed by atoms with Crippen molar-refractivity contribution in [2.75, 3.05) is 12.0 Å². The summed E-state index contributed by atoms with van der Waals surface area (Å²) in [5.41, 5.74) is 5.59. The molecule has 0 fully saturated rings. The molecule has 0 aliphatic heterocycles. The van der Waals surface area contributed by atoms with E-state index in [1.54, 1.807) is 11.8 Å². The van der Waals surface area contributed by atoms with E-state index in [0.29, 0.717) is 17.7 Å². The van der Waals surface area contributed by atoms with Gasteiger partial charge in [-0.3, -0.25) is 4.79 Å². The van der Waals surface area contributed by atoms with Crippen molar-refractivity contribution < 1.29 is 19.4 Å². The lowest BCUT2D eigenvalue weighted by atomic mass is 9.92. The number of aryl methyl sites for hydroxylation is 3. The molecule has 5 nitrogen and oxygen atoms in total. The van der Waals surface area contributed by atoms with Crippen LogP contribution in [0.3, 0.4) is 0 Å². The summed E-state index contributed by atoms with van der Waals surface area (Å²) < 4.78 is 5.90. The number of hydrogen-bond acceptors (Lipinski definition) is 4. The first-order chi connectivity index (χ1) is 18.9. The van der Waals surface area contributed by atoms with Crippen molar-refractivity contribution in [1.82, 2.24) is 5.32 Å². The molecule has 1 amide bonds. The number of rotatable bonds is 12. The Hall–Kier alpha value is -4.03. The largest absolute Gasteiger partial charge is 0.480 e. The van der Waals surface area contributed by atoms with Crippen LogP contribution in [0.4, 0.5) is 0 Å². The minimum atomic E-state index is -1.02. The van der Waals surface area contributed by atoms with Gasteiger partial charge in [-0.1, -0.05) is 66.7 Å². The maximum atomic E-state index is 13.3. The van der Waals surface area contributed by atoms with Crippen molar-refractivity contribution in [2.45, 2.75) is 32.2 Å². The quantitative estimate of drug-likeness (QED) is 0.200. The fourth-order valence-electron chi connectivity index (χ4n) is 4.41. The molecule has 4 aromatic carbocycles. The summed E-state index contributed by atoms with van der Waals surface area (Å²) in [5.74, 6) is 0.852. The van der Waals surface area contributed by atoms with Crippen molar-refractivity contribution in [3.05, 3.63) is 119 Å². The Morgan fingerprint density at radius 1 is 0.821 bits per heavy atom. The number of amides is 1. The molecule has 200 valence electrons. The van der Waals surface area contributed by atoms with Crippen LogP contribution >= 0.6 is 11.8 Å². The number of carboxylic acid groups (broad SMARTS) is 1. The van der Waals surface area contributed by atoms with Gasteiger partial charge in [0, 0.05) is 5.56 Å². The molecule has 0 spiro atoms. The topological polar surface area (TPSA) is 75.6 Å². The average Bonchev–Trinajstić information content (AvgIpc) is 2.95. The molecule has 0 saturated carbocycles. The molecular formula is C33H33NO4S. The second kappa shape index (κ2) is 13.7. The summed E-state index contributed by atoms with van der Waals surface area (Å²) in [6.45, 7) is 2.02. The Labute approximate surface area is 234 Å². The lowest BCUT2D eigenvalue weighted by Crippen LogP contribution is -2.41. The van der Waals surface area contributed by atoms with Crippen molar-refractivity contribution in [3.63, 3.8) is 0 Å². The van der Waals surface area contributed by atoms with Crippen LogP contribution in [-0.4, -0.2) is 35.0 Å². The molecular weight excluding hydrogens is 506 g/mol. The molecule has 39 heavy (non-hydrogen) atoms. The summed E-state index contributed by atoms with van der Waals surface area (Å²) in [5, 5.41) is 12.3. The molecule has 0 aliphatic carbocycles. The van der Waals surface area contributed by atoms with E-state index in [0.717, 1.165) is 46.6 Å². The maximum absolute atomic E-state index is 13.3. The minimum absolute atomic E-state index is 0.370. The van der Waals surface area contributed by atoms with Crippen LogP contribution in [0.2, 0.25) is 0 Å². The van der Waals surface area contributed by atoms with E-state index in [9.17, 15) is 14.7 Å². The zero-order valence-electron chi connectivity index (χ0n) is 22.2. The number of ether oxygens (including phenoxy) is 1. The number of nitrogens with one attached hydrogen (secondary N) is 1. The summed E-state index contributed by atoms with van der Waals surface area (Å²) in [6.07, 6.45) is 3.92. The number of carbonyl (C=O) groups is 2. The number of para-hydroxylation sites is 1. The molecule has 0 bridgehead atoms. The fraction of sp³-hybridized carbons (Fsp3) is 0.212. The van der Waals surface area contributed by atoms with E-state index < -0.39 is 12.0 Å². The van der Waals surface area contributed by atoms with Gasteiger partial charge >= 0.3 is 5.97 Å². The van der Waals surface area contributed by atoms with Crippen LogP contribution in [-0.2, 0) is 17.6 Å². The Morgan fingerprint density at radius 2 is 1.46 bits per heavy atom. The molecule has 0 aliphatic rings. The third kappa shape index (κ3) is 7.74. The van der Waals surface area contributed by atoms with Gasteiger partial charge < -0.3 is 15.2 Å². The van der Waals surface area contributed by atoms with Gasteiger partial charge in [0.25, 0.3) is 5.91 Å². The van der Waals surface area contributed by atoms with Crippen LogP contribution in [0.15, 0.2) is 97.1 Å². The minimum Gasteiger partial charge on any atom is -0.480 e. The number of hydrogen-bond donors (Lipinski definition) is 2. The zero-order valence-corrected chi connectivity index (χ0v) is 23.0. The van der Waals surface area contributed by atoms with E-state index in [2.05, 4.69) is 23.5 Å². The molecule has 0 radical (unpaired) electrons. The molecule has 6 heteroatoms. The van der Waals surface area contributed by atoms with E-state index in [4.69, 9.17) is 4.74 Å². The average molecular weight is 540 g/mol. The number of thioether (sulfide) groups is 1. The number of aliphatic carboxylic acids is 1. The standard InChI is InChI=1S/C33H33NO4S/c1-23-8-6-7-11-28(23)30-22-25(16-19-29(30)32(35)34-31(33(36)37)20-21-39-2)13-12-24-14-17-27(18-15-24)38-26-9-4-3-5-10-26/h3-11,14-19,22,31H,12-13,20-21H2,1-2H3,(H,34,35)(H,36,37). The monoisotopic (exact) mass is 539 g/mol. The van der Waals surface area contributed by atoms with Crippen LogP contribution in [0, 0.1) is 6.92 Å². The zero-order chi connectivity index (χ0) is 27.6. The van der Waals surface area contributed by atoms with E-state index >= 15 is 0 Å². The van der Waals surface area contributed by atoms with Gasteiger partial charge in [-0.05, 0) is 96.3 Å². The number of carboxylic acids is 1. The summed E-state index contributed by atoms with van der Waals surface area (Å²) >= 11 is 1.56. The highest BCUT2D eigenvalue weighted by atomic mass is 32.2. The molecule has 4 rings (SSSR count). The second-order valence-corrected chi connectivity index (χ2v) is 10.4. The summed E-state index contributed by atoms with van der Waals surface area (Å²) in [4.78, 5) is 25.0. The van der Waals surface area contributed by atoms with Crippen LogP contribution in [0.1, 0.15) is 33.5 Å². The molecule has 0 heterocycles. The Bertz CT molecular complexity index is 1400. The van der Waals surface area contributed by atoms with Gasteiger partial charge in [0.1, 0.15) is 17.5 Å². The van der Waals surface area contributed by atoms with E-state index in [-0.39, 0.29) is 5.91 Å². The van der Waals surface area contributed by atoms with Crippen molar-refractivity contribution in [1.29, 1.82) is 0 Å². The van der Waals surface area contributed by atoms with Crippen molar-refractivity contribution in [3.8, 4) is 22.6 Å². The number of benzene rings is 4. The van der Waals surface area contributed by atoms with Gasteiger partial charge in [-0.2, -0.15) is 11.8 Å². The molecule has 0 saturated heterocycles. The predicted molar refractivity (Wildman–Crippen MR) is 159 cm³/mol. The highest BCUT2D eigenvalue weighted by Crippen LogP contribution is 2.29. The lowest BCUT2D eigenvalue weighted by Gasteiger charge is -2.18. The summed E-state index contributed by atoms with van der Waals surface area (Å²) in [7, 11) is 0. The van der Waals surface area contributed by atoms with Crippen LogP contribution < -0.4 is 10.1 Å². The molecule has 4 aromatic rings. The van der Waals surface area contributed by atoms with Crippen molar-refractivity contribution in [2.24, 2.45) is 0 Å². The molecule has 0 aromatic heterocycles. The van der Waals surface area contributed by atoms with Crippen LogP contribution in [0.25, 0.3) is 11.1 Å². The Morgan fingerprint density at radius 3 is 2.15 bits per heavy atom. The number of carbonyl (C=O) groups excluding carboxylic acids is 1. The summed E-state index contributed by atoms with van der Waals surface area (Å²) in [6, 6.07) is 30.6. The lowest BCUT2D eigenvalue weighted by molar-refractivity contribution is -0.139. The molecule has 1 atom stereocenters. The maximum Gasteiger partial charge on any atom is 0.326 e. The smallest absolute Gasteiger partial charge is 0.326 e. The van der Waals surface area contributed by atoms with Gasteiger partial charge in [-0.25, -0.2) is 4.79 Å². The normalized spacial score (nSPS) is 11.5. The predicted octanol–water partition coefficient (Wildman–Crippen LogP) is 7.18. The van der Waals surface area contributed by atoms with Crippen LogP contribution in [0.5, 0.6) is 11.5 Å². The van der Waals surface area contributed by atoms with E-state index in [1.807, 2.05) is 92.0 Å². The SMILES string of the molecule is CSCCC(NC(=O)c1ccc(CCc2ccc(Oc3ccccc3)cc2)cc1-c1ccccc1C)C(=O)O. The first-order valence-electron chi connectivity index (χ1n) is 13.0. The highest BCUT2D eigenvalue weighted by Gasteiger charge is 2.22. The Kier molecular flexibility index (Phi) is 9.81. The first kappa shape index (κ1) is 28.0. The van der Waals surface area contributed by atoms with E-state index in [1.165, 1.54) is 5.56 Å². The Balaban J connectivity index is 1.52. The van der Waals surface area contributed by atoms with Gasteiger partial charge in [0.05, 0.1) is 0 Å². The fourth-order valence-corrected chi connectivity index (χ4v) is 4.88. The van der Waals surface area contributed by atoms with Gasteiger partial charge in [-0.15, -0.1) is 0 Å². The first-order valence-corrected chi connectivity index (χ1v) is 14.4. The molecule has 2 N–H and O–H groups in total. The highest BCUT2D eigenvalue weighted by molar-refractivity contribution is 7.98. The van der Waals surface area contributed by atoms with Crippen molar-refractivity contribution >= 4 is 23.6 Å². The third-order valence-corrected chi connectivity index (χ3v) is 7.23.